The maximum Gasteiger partial charge on any atom is 2.00 e. The average molecular weight is 311 g/mol. The SMILES string of the molecule is C[SiH]C.NC=O.NC=O.[Cl-].[Cl-].[Zr+2]. The van der Waals surface area contributed by atoms with Crippen LogP contribution in [0.25, 0.3) is 0 Å². The monoisotopic (exact) mass is 309 g/mol. The Labute approximate surface area is 107 Å². The van der Waals surface area contributed by atoms with Gasteiger partial charge in [-0.25, -0.2) is 0 Å². The van der Waals surface area contributed by atoms with E-state index in [0.29, 0.717) is 0 Å². The molecule has 0 saturated heterocycles. The van der Waals surface area contributed by atoms with E-state index in [1.807, 2.05) is 0 Å². The number of halogens is 2. The van der Waals surface area contributed by atoms with E-state index in [4.69, 9.17) is 9.59 Å². The molecule has 0 aromatic carbocycles. The summed E-state index contributed by atoms with van der Waals surface area (Å²) in [6, 6.07) is 0. The number of hydrogen-bond acceptors (Lipinski definition) is 2. The number of nitrogens with two attached hydrogens (primary N) is 2. The summed E-state index contributed by atoms with van der Waals surface area (Å²) in [5.74, 6) is 0. The average Bonchev–Trinajstić information content (AvgIpc) is 1.70. The van der Waals surface area contributed by atoms with Crippen LogP contribution in [0.2, 0.25) is 13.1 Å². The zero-order chi connectivity index (χ0) is 8.12. The van der Waals surface area contributed by atoms with E-state index in [0.717, 1.165) is 9.52 Å². The van der Waals surface area contributed by atoms with Crippen molar-refractivity contribution >= 4 is 22.3 Å². The summed E-state index contributed by atoms with van der Waals surface area (Å²) in [4.78, 5) is 17.2. The smallest absolute Gasteiger partial charge is 1.00 e. The van der Waals surface area contributed by atoms with E-state index in [2.05, 4.69) is 24.6 Å². The van der Waals surface area contributed by atoms with Gasteiger partial charge in [-0.3, -0.25) is 9.59 Å². The Morgan fingerprint density at radius 1 is 1.00 bits per heavy atom. The van der Waals surface area contributed by atoms with Gasteiger partial charge in [-0.15, -0.1) is 0 Å². The standard InChI is InChI=1S/C2H7Si.2CH3NO.2ClH.Zr/c1-3-2;2*2-1-3;;;/h3H,1-2H3;2*1H,(H2,2,3);2*1H;/q;;;;;+2/p-2. The molecule has 73 valence electrons. The van der Waals surface area contributed by atoms with Crippen molar-refractivity contribution in [1.82, 2.24) is 0 Å². The first-order valence-corrected chi connectivity index (χ1v) is 4.60. The minimum Gasteiger partial charge on any atom is -1.00 e. The fourth-order valence-corrected chi connectivity index (χ4v) is 0. The first-order valence-electron chi connectivity index (χ1n) is 2.29. The van der Waals surface area contributed by atoms with Gasteiger partial charge in [-0.1, -0.05) is 13.1 Å². The van der Waals surface area contributed by atoms with Crippen LogP contribution in [0, 0.1) is 0 Å². The molecule has 2 amide bonds. The number of carbonyl (C=O) groups is 2. The molecule has 0 aromatic rings. The van der Waals surface area contributed by atoms with Crippen molar-refractivity contribution in [2.75, 3.05) is 0 Å². The van der Waals surface area contributed by atoms with Crippen molar-refractivity contribution in [2.24, 2.45) is 11.5 Å². The zero-order valence-corrected chi connectivity index (χ0v) is 12.1. The molecule has 0 atom stereocenters. The largest absolute Gasteiger partial charge is 2.00 e. The van der Waals surface area contributed by atoms with Crippen LogP contribution in [0.3, 0.4) is 0 Å². The predicted octanol–water partition coefficient (Wildman–Crippen LogP) is -7.27. The maximum absolute atomic E-state index is 8.58. The molecule has 0 aliphatic heterocycles. The zero-order valence-electron chi connectivity index (χ0n) is 6.96. The Morgan fingerprint density at radius 3 is 1.00 bits per heavy atom. The van der Waals surface area contributed by atoms with Crippen LogP contribution in [0.1, 0.15) is 0 Å². The Bertz CT molecular complexity index is 58.3. The second-order valence-electron chi connectivity index (χ2n) is 0.850. The van der Waals surface area contributed by atoms with Gasteiger partial charge in [-0.05, 0) is 0 Å². The van der Waals surface area contributed by atoms with E-state index in [1.165, 1.54) is 0 Å². The van der Waals surface area contributed by atoms with Crippen molar-refractivity contribution < 1.29 is 60.6 Å². The Balaban J connectivity index is -0.00000001000. The summed E-state index contributed by atoms with van der Waals surface area (Å²) in [6.45, 7) is 4.42. The van der Waals surface area contributed by atoms with Crippen LogP contribution in [-0.4, -0.2) is 22.3 Å². The molecule has 4 nitrogen and oxygen atoms in total. The third kappa shape index (κ3) is 2560. The molecule has 0 rings (SSSR count). The van der Waals surface area contributed by atoms with Crippen LogP contribution in [0.5, 0.6) is 0 Å². The van der Waals surface area contributed by atoms with Gasteiger partial charge in [0.05, 0.1) is 0 Å². The fraction of sp³-hybridized carbons (Fsp3) is 0.500. The molecular weight excluding hydrogens is 298 g/mol. The number of rotatable bonds is 0. The summed E-state index contributed by atoms with van der Waals surface area (Å²) < 4.78 is 0. The van der Waals surface area contributed by atoms with Crippen LogP contribution in [0.15, 0.2) is 0 Å². The Kier molecular flexibility index (Phi) is 324. The number of amides is 2. The fourth-order valence-electron chi connectivity index (χ4n) is 0. The van der Waals surface area contributed by atoms with Gasteiger partial charge in [0.2, 0.25) is 12.8 Å². The minimum absolute atomic E-state index is 0. The van der Waals surface area contributed by atoms with E-state index in [1.54, 1.807) is 0 Å². The van der Waals surface area contributed by atoms with Crippen LogP contribution >= 0.6 is 0 Å². The number of primary amides is 2. The van der Waals surface area contributed by atoms with E-state index in [9.17, 15) is 0 Å². The molecule has 0 spiro atoms. The summed E-state index contributed by atoms with van der Waals surface area (Å²) in [5, 5.41) is 0. The summed E-state index contributed by atoms with van der Waals surface area (Å²) in [5.41, 5.74) is 8.33. The Morgan fingerprint density at radius 2 is 1.00 bits per heavy atom. The molecule has 12 heavy (non-hydrogen) atoms. The van der Waals surface area contributed by atoms with E-state index in [-0.39, 0.29) is 63.8 Å². The van der Waals surface area contributed by atoms with Crippen LogP contribution in [0.4, 0.5) is 0 Å². The second-order valence-corrected chi connectivity index (χ2v) is 2.00. The van der Waals surface area contributed by atoms with Crippen molar-refractivity contribution in [2.45, 2.75) is 13.1 Å². The van der Waals surface area contributed by atoms with Gasteiger partial charge < -0.3 is 36.3 Å². The van der Waals surface area contributed by atoms with Crippen molar-refractivity contribution in [3.05, 3.63) is 0 Å². The molecule has 0 heterocycles. The number of carbonyl (C=O) groups excluding carboxylic acids is 2. The van der Waals surface area contributed by atoms with Crippen molar-refractivity contribution in [1.29, 1.82) is 0 Å². The topological polar surface area (TPSA) is 86.2 Å². The van der Waals surface area contributed by atoms with Gasteiger partial charge in [0, 0.05) is 9.52 Å². The molecule has 0 unspecified atom stereocenters. The van der Waals surface area contributed by atoms with Gasteiger partial charge in [0.15, 0.2) is 0 Å². The Hall–Kier alpha value is 0.620. The molecule has 0 saturated carbocycles. The number of hydrogen-bond donors (Lipinski definition) is 2. The van der Waals surface area contributed by atoms with Gasteiger partial charge in [0.25, 0.3) is 0 Å². The summed E-state index contributed by atoms with van der Waals surface area (Å²) in [6.07, 6.45) is 0.500. The van der Waals surface area contributed by atoms with Crippen molar-refractivity contribution in [3.8, 4) is 0 Å². The van der Waals surface area contributed by atoms with Crippen molar-refractivity contribution in [3.63, 3.8) is 0 Å². The molecule has 0 bridgehead atoms. The van der Waals surface area contributed by atoms with Crippen LogP contribution < -0.4 is 36.3 Å². The van der Waals surface area contributed by atoms with Crippen LogP contribution in [-0.2, 0) is 35.8 Å². The molecule has 0 aliphatic rings. The molecule has 0 aliphatic carbocycles. The summed E-state index contributed by atoms with van der Waals surface area (Å²) >= 11 is 0. The normalized spacial score (nSPS) is 3.50. The molecule has 8 heteroatoms. The first kappa shape index (κ1) is 38.9. The van der Waals surface area contributed by atoms with E-state index >= 15 is 0 Å². The molecule has 4 N–H and O–H groups in total. The second kappa shape index (κ2) is 100. The minimum atomic E-state index is 0. The molecular formula is C4H13Cl2N2O2SiZr. The third-order valence-corrected chi connectivity index (χ3v) is 0. The molecule has 0 aromatic heterocycles. The predicted molar refractivity (Wildman–Crippen MR) is 39.4 cm³/mol. The first-order chi connectivity index (χ1) is 4.24. The van der Waals surface area contributed by atoms with Gasteiger partial charge in [-0.2, -0.15) is 0 Å². The summed E-state index contributed by atoms with van der Waals surface area (Å²) in [7, 11) is 0.750. The quantitative estimate of drug-likeness (QED) is 0.344. The third-order valence-electron chi connectivity index (χ3n) is 0. The molecule has 0 fully saturated rings. The van der Waals surface area contributed by atoms with Gasteiger partial charge in [0.1, 0.15) is 0 Å². The molecule has 1 radical (unpaired) electrons. The van der Waals surface area contributed by atoms with E-state index < -0.39 is 0 Å². The maximum atomic E-state index is 8.58. The van der Waals surface area contributed by atoms with Gasteiger partial charge >= 0.3 is 26.2 Å².